The number of benzene rings is 3. The third-order valence-electron chi connectivity index (χ3n) is 4.82. The summed E-state index contributed by atoms with van der Waals surface area (Å²) in [4.78, 5) is 12.9. The summed E-state index contributed by atoms with van der Waals surface area (Å²) in [5, 5.41) is 2.88. The van der Waals surface area contributed by atoms with Crippen LogP contribution in [0.2, 0.25) is 0 Å². The zero-order chi connectivity index (χ0) is 22.6. The highest BCUT2D eigenvalue weighted by Crippen LogP contribution is 2.25. The molecule has 0 aliphatic carbocycles. The predicted molar refractivity (Wildman–Crippen MR) is 116 cm³/mol. The maximum atomic E-state index is 13.7. The van der Waals surface area contributed by atoms with Gasteiger partial charge in [-0.05, 0) is 35.7 Å². The summed E-state index contributed by atoms with van der Waals surface area (Å²) in [6.45, 7) is 1.33. The summed E-state index contributed by atoms with van der Waals surface area (Å²) < 4.78 is 52.2. The number of nitrogens with one attached hydrogen (secondary N) is 1. The molecule has 1 N–H and O–H groups in total. The minimum atomic E-state index is -3.93. The number of aryl methyl sites for hydroxylation is 1. The Morgan fingerprint density at radius 3 is 2.23 bits per heavy atom. The van der Waals surface area contributed by atoms with Crippen molar-refractivity contribution in [2.24, 2.45) is 0 Å². The highest BCUT2D eigenvalue weighted by molar-refractivity contribution is 7.92. The molecule has 5 nitrogen and oxygen atoms in total. The molecule has 0 fully saturated rings. The second-order valence-electron chi connectivity index (χ2n) is 7.14. The van der Waals surface area contributed by atoms with Gasteiger partial charge in [-0.2, -0.15) is 0 Å². The molecule has 0 saturated heterocycles. The van der Waals surface area contributed by atoms with E-state index in [9.17, 15) is 22.0 Å². The normalized spacial score (nSPS) is 12.3. The van der Waals surface area contributed by atoms with Crippen LogP contribution < -0.4 is 9.62 Å². The summed E-state index contributed by atoms with van der Waals surface area (Å²) in [5.74, 6) is -2.90. The van der Waals surface area contributed by atoms with Crippen LogP contribution in [0, 0.1) is 18.6 Å². The van der Waals surface area contributed by atoms with Crippen molar-refractivity contribution in [2.45, 2.75) is 13.0 Å². The van der Waals surface area contributed by atoms with E-state index in [0.717, 1.165) is 45.5 Å². The van der Waals surface area contributed by atoms with Gasteiger partial charge >= 0.3 is 0 Å². The van der Waals surface area contributed by atoms with E-state index in [4.69, 9.17) is 0 Å². The maximum Gasteiger partial charge on any atom is 0.241 e. The van der Waals surface area contributed by atoms with Crippen LogP contribution in [-0.2, 0) is 14.8 Å². The monoisotopic (exact) mass is 444 g/mol. The van der Waals surface area contributed by atoms with Crippen molar-refractivity contribution in [2.75, 3.05) is 17.1 Å². The Kier molecular flexibility index (Phi) is 6.70. The molecule has 0 unspecified atom stereocenters. The van der Waals surface area contributed by atoms with Crippen LogP contribution >= 0.6 is 0 Å². The van der Waals surface area contributed by atoms with Crippen molar-refractivity contribution in [3.05, 3.63) is 101 Å². The van der Waals surface area contributed by atoms with Gasteiger partial charge < -0.3 is 5.32 Å². The first-order chi connectivity index (χ1) is 14.7. The molecule has 0 saturated carbocycles. The average Bonchev–Trinajstić information content (AvgIpc) is 2.73. The molecule has 1 atom stereocenters. The Labute approximate surface area is 180 Å². The van der Waals surface area contributed by atoms with Crippen LogP contribution in [0.1, 0.15) is 22.7 Å². The number of rotatable bonds is 7. The molecule has 3 aromatic rings. The lowest BCUT2D eigenvalue weighted by Gasteiger charge is -2.25. The van der Waals surface area contributed by atoms with Crippen molar-refractivity contribution >= 4 is 21.6 Å². The third kappa shape index (κ3) is 5.46. The zero-order valence-electron chi connectivity index (χ0n) is 17.0. The van der Waals surface area contributed by atoms with E-state index in [1.807, 2.05) is 61.5 Å². The van der Waals surface area contributed by atoms with Crippen molar-refractivity contribution in [3.63, 3.8) is 0 Å². The number of amides is 1. The lowest BCUT2D eigenvalue weighted by atomic mass is 9.95. The van der Waals surface area contributed by atoms with Crippen molar-refractivity contribution in [3.8, 4) is 0 Å². The fraction of sp³-hybridized carbons (Fsp3) is 0.174. The lowest BCUT2D eigenvalue weighted by Crippen LogP contribution is -2.42. The molecule has 0 bridgehead atoms. The minimum Gasteiger partial charge on any atom is -0.344 e. The van der Waals surface area contributed by atoms with Crippen molar-refractivity contribution in [1.29, 1.82) is 0 Å². The number of hydrogen-bond donors (Lipinski definition) is 1. The van der Waals surface area contributed by atoms with Gasteiger partial charge in [0.2, 0.25) is 15.9 Å². The predicted octanol–water partition coefficient (Wildman–Crippen LogP) is 3.95. The molecule has 0 heterocycles. The van der Waals surface area contributed by atoms with Gasteiger partial charge in [0.05, 0.1) is 18.0 Å². The summed E-state index contributed by atoms with van der Waals surface area (Å²) in [6.07, 6.45) is 0.900. The van der Waals surface area contributed by atoms with E-state index in [1.54, 1.807) is 0 Å². The van der Waals surface area contributed by atoms with Gasteiger partial charge in [-0.25, -0.2) is 17.2 Å². The molecule has 0 aromatic heterocycles. The molecule has 0 aliphatic heterocycles. The Morgan fingerprint density at radius 2 is 1.61 bits per heavy atom. The van der Waals surface area contributed by atoms with Crippen molar-refractivity contribution in [1.82, 2.24) is 5.32 Å². The molecule has 31 heavy (non-hydrogen) atoms. The van der Waals surface area contributed by atoms with E-state index in [1.165, 1.54) is 0 Å². The molecular formula is C23H22F2N2O3S. The van der Waals surface area contributed by atoms with Crippen LogP contribution in [0.15, 0.2) is 72.8 Å². The van der Waals surface area contributed by atoms with E-state index < -0.39 is 40.2 Å². The Morgan fingerprint density at radius 1 is 0.968 bits per heavy atom. The number of nitrogens with zero attached hydrogens (tertiary/aromatic N) is 1. The highest BCUT2D eigenvalue weighted by Gasteiger charge is 2.25. The number of hydrogen-bond acceptors (Lipinski definition) is 3. The first-order valence-electron chi connectivity index (χ1n) is 9.49. The molecule has 3 aromatic carbocycles. The van der Waals surface area contributed by atoms with E-state index in [2.05, 4.69) is 5.32 Å². The summed E-state index contributed by atoms with van der Waals surface area (Å²) in [5.41, 5.74) is 2.51. The molecule has 0 spiro atoms. The largest absolute Gasteiger partial charge is 0.344 e. The Balaban J connectivity index is 1.92. The molecule has 0 radical (unpaired) electrons. The molecule has 8 heteroatoms. The van der Waals surface area contributed by atoms with E-state index >= 15 is 0 Å². The van der Waals surface area contributed by atoms with Gasteiger partial charge in [0.15, 0.2) is 11.6 Å². The smallest absolute Gasteiger partial charge is 0.241 e. The fourth-order valence-electron chi connectivity index (χ4n) is 3.27. The van der Waals surface area contributed by atoms with Gasteiger partial charge in [0.25, 0.3) is 0 Å². The average molecular weight is 445 g/mol. The third-order valence-corrected chi connectivity index (χ3v) is 5.96. The number of carbonyl (C=O) groups is 1. The zero-order valence-corrected chi connectivity index (χ0v) is 17.9. The lowest BCUT2D eigenvalue weighted by molar-refractivity contribution is -0.120. The fourth-order valence-corrected chi connectivity index (χ4v) is 4.12. The van der Waals surface area contributed by atoms with Gasteiger partial charge in [-0.1, -0.05) is 54.6 Å². The summed E-state index contributed by atoms with van der Waals surface area (Å²) in [6, 6.07) is 19.0. The number of anilines is 1. The van der Waals surface area contributed by atoms with E-state index in [0.29, 0.717) is 0 Å². The molecular weight excluding hydrogens is 422 g/mol. The minimum absolute atomic E-state index is 0.135. The van der Waals surface area contributed by atoms with Gasteiger partial charge in [0.1, 0.15) is 6.54 Å². The Hall–Kier alpha value is -3.26. The van der Waals surface area contributed by atoms with E-state index in [-0.39, 0.29) is 5.69 Å². The highest BCUT2D eigenvalue weighted by atomic mass is 32.2. The molecule has 1 amide bonds. The SMILES string of the molecule is Cc1ccccc1[C@H](NC(=O)CN(c1ccc(F)c(F)c1)S(C)(=O)=O)c1ccccc1. The van der Waals surface area contributed by atoms with Gasteiger partial charge in [-0.3, -0.25) is 9.10 Å². The Bertz CT molecular complexity index is 1180. The maximum absolute atomic E-state index is 13.7. The standard InChI is InChI=1S/C23H22F2N2O3S/c1-16-8-6-7-11-19(16)23(17-9-4-3-5-10-17)26-22(28)15-27(31(2,29)30)18-12-13-20(24)21(25)14-18/h3-14,23H,15H2,1-2H3,(H,26,28)/t23-/m1/s1. The topological polar surface area (TPSA) is 66.5 Å². The first kappa shape index (κ1) is 22.4. The molecule has 3 rings (SSSR count). The number of halogens is 2. The number of sulfonamides is 1. The first-order valence-corrected chi connectivity index (χ1v) is 11.3. The van der Waals surface area contributed by atoms with Crippen LogP contribution in [0.5, 0.6) is 0 Å². The number of carbonyl (C=O) groups excluding carboxylic acids is 1. The summed E-state index contributed by atoms with van der Waals surface area (Å²) >= 11 is 0. The summed E-state index contributed by atoms with van der Waals surface area (Å²) in [7, 11) is -3.93. The quantitative estimate of drug-likeness (QED) is 0.600. The van der Waals surface area contributed by atoms with Crippen LogP contribution in [0.25, 0.3) is 0 Å². The van der Waals surface area contributed by atoms with Crippen molar-refractivity contribution < 1.29 is 22.0 Å². The van der Waals surface area contributed by atoms with Crippen LogP contribution in [-0.4, -0.2) is 27.1 Å². The molecule has 162 valence electrons. The van der Waals surface area contributed by atoms with Gasteiger partial charge in [-0.15, -0.1) is 0 Å². The van der Waals surface area contributed by atoms with Crippen LogP contribution in [0.4, 0.5) is 14.5 Å². The second-order valence-corrected chi connectivity index (χ2v) is 9.04. The van der Waals surface area contributed by atoms with Crippen LogP contribution in [0.3, 0.4) is 0 Å². The van der Waals surface area contributed by atoms with Gasteiger partial charge in [0, 0.05) is 6.07 Å². The second kappa shape index (κ2) is 9.26. The molecule has 0 aliphatic rings.